The van der Waals surface area contributed by atoms with Crippen LogP contribution < -0.4 is 15.5 Å². The van der Waals surface area contributed by atoms with Crippen LogP contribution >= 0.6 is 11.6 Å². The summed E-state index contributed by atoms with van der Waals surface area (Å²) >= 11 is 6.08. The van der Waals surface area contributed by atoms with Crippen LogP contribution in [0.25, 0.3) is 0 Å². The van der Waals surface area contributed by atoms with Crippen molar-refractivity contribution in [3.05, 3.63) is 53.1 Å². The predicted octanol–water partition coefficient (Wildman–Crippen LogP) is 4.78. The van der Waals surface area contributed by atoms with Gasteiger partial charge >= 0.3 is 6.03 Å². The molecule has 7 nitrogen and oxygen atoms in total. The fourth-order valence-corrected chi connectivity index (χ4v) is 5.32. The molecule has 2 amide bonds. The van der Waals surface area contributed by atoms with Crippen molar-refractivity contribution in [1.29, 1.82) is 0 Å². The van der Waals surface area contributed by atoms with E-state index in [1.807, 2.05) is 58.8 Å². The van der Waals surface area contributed by atoms with Crippen LogP contribution in [0.2, 0.25) is 5.02 Å². The number of hydrogen-bond acceptors (Lipinski definition) is 4. The van der Waals surface area contributed by atoms with E-state index in [0.29, 0.717) is 17.3 Å². The number of rotatable bonds is 9. The molecule has 0 saturated heterocycles. The Morgan fingerprint density at radius 1 is 1.09 bits per heavy atom. The van der Waals surface area contributed by atoms with Gasteiger partial charge in [0.25, 0.3) is 0 Å². The smallest absolute Gasteiger partial charge is 0.319 e. The molecule has 0 aliphatic carbocycles. The van der Waals surface area contributed by atoms with Crippen molar-refractivity contribution in [2.24, 2.45) is 5.92 Å². The molecule has 9 heteroatoms. The Morgan fingerprint density at radius 2 is 1.78 bits per heavy atom. The summed E-state index contributed by atoms with van der Waals surface area (Å²) in [5.74, 6) is 0.0865. The zero-order valence-electron chi connectivity index (χ0n) is 19.5. The molecule has 1 atom stereocenters. The van der Waals surface area contributed by atoms with Gasteiger partial charge in [0.1, 0.15) is 0 Å². The van der Waals surface area contributed by atoms with Crippen molar-refractivity contribution in [1.82, 2.24) is 9.62 Å². The highest BCUT2D eigenvalue weighted by molar-refractivity contribution is 7.89. The summed E-state index contributed by atoms with van der Waals surface area (Å²) < 4.78 is 28.8. The Hall–Kier alpha value is -2.29. The molecule has 1 unspecified atom stereocenters. The van der Waals surface area contributed by atoms with E-state index in [4.69, 9.17) is 11.6 Å². The maximum Gasteiger partial charge on any atom is 0.319 e. The van der Waals surface area contributed by atoms with Crippen molar-refractivity contribution < 1.29 is 13.2 Å². The lowest BCUT2D eigenvalue weighted by molar-refractivity contribution is 0.252. The van der Waals surface area contributed by atoms with Gasteiger partial charge in [0.05, 0.1) is 4.90 Å². The number of halogens is 1. The van der Waals surface area contributed by atoms with Gasteiger partial charge in [-0.25, -0.2) is 13.2 Å². The zero-order chi connectivity index (χ0) is 24.1. The van der Waals surface area contributed by atoms with Crippen molar-refractivity contribution in [2.45, 2.75) is 45.2 Å². The lowest BCUT2D eigenvalue weighted by Gasteiger charge is -2.32. The van der Waals surface area contributed by atoms with Gasteiger partial charge in [-0.2, -0.15) is 4.31 Å². The van der Waals surface area contributed by atoms with Crippen molar-refractivity contribution in [3.63, 3.8) is 0 Å². The van der Waals surface area contributed by atoms with Crippen molar-refractivity contribution in [2.75, 3.05) is 30.9 Å². The number of hydrogen-bond donors (Lipinski definition) is 2. The van der Waals surface area contributed by atoms with Gasteiger partial charge < -0.3 is 15.5 Å². The van der Waals surface area contributed by atoms with E-state index in [1.54, 1.807) is 24.3 Å². The number of anilines is 2. The minimum Gasteiger partial charge on any atom is -0.377 e. The summed E-state index contributed by atoms with van der Waals surface area (Å²) in [5.41, 5.74) is 2.24. The van der Waals surface area contributed by atoms with E-state index in [-0.39, 0.29) is 29.4 Å². The summed E-state index contributed by atoms with van der Waals surface area (Å²) in [6, 6.07) is 11.2. The maximum atomic E-state index is 13.6. The van der Waals surface area contributed by atoms with E-state index in [1.165, 1.54) is 10.4 Å². The molecular weight excluding hydrogens is 448 g/mol. The van der Waals surface area contributed by atoms with Gasteiger partial charge in [0.2, 0.25) is 10.0 Å². The van der Waals surface area contributed by atoms with Gasteiger partial charge in [-0.05, 0) is 61.7 Å². The van der Waals surface area contributed by atoms with Gasteiger partial charge in [0, 0.05) is 49.6 Å². The Labute approximate surface area is 196 Å². The maximum absolute atomic E-state index is 13.6. The molecule has 32 heavy (non-hydrogen) atoms. The van der Waals surface area contributed by atoms with Crippen LogP contribution in [0, 0.1) is 5.92 Å². The molecule has 0 radical (unpaired) electrons. The van der Waals surface area contributed by atoms with Crippen LogP contribution in [0.4, 0.5) is 16.2 Å². The number of amides is 2. The minimum absolute atomic E-state index is 0.0865. The number of carbonyl (C=O) groups is 1. The Kier molecular flexibility index (Phi) is 8.95. The highest BCUT2D eigenvalue weighted by Crippen LogP contribution is 2.30. The summed E-state index contributed by atoms with van der Waals surface area (Å²) in [7, 11) is -0.0219. The molecule has 0 aromatic heterocycles. The van der Waals surface area contributed by atoms with Crippen LogP contribution in [0.1, 0.15) is 33.3 Å². The molecule has 2 N–H and O–H groups in total. The second-order valence-electron chi connectivity index (χ2n) is 8.21. The molecule has 0 aliphatic rings. The third kappa shape index (κ3) is 6.37. The molecule has 2 aromatic carbocycles. The monoisotopic (exact) mass is 480 g/mol. The number of sulfonamides is 1. The average Bonchev–Trinajstić information content (AvgIpc) is 2.71. The molecule has 0 fully saturated rings. The first kappa shape index (κ1) is 26.0. The zero-order valence-corrected chi connectivity index (χ0v) is 21.1. The first-order valence-electron chi connectivity index (χ1n) is 10.6. The van der Waals surface area contributed by atoms with Gasteiger partial charge in [-0.3, -0.25) is 0 Å². The third-order valence-electron chi connectivity index (χ3n) is 5.30. The third-order valence-corrected chi connectivity index (χ3v) is 7.47. The predicted molar refractivity (Wildman–Crippen MR) is 132 cm³/mol. The minimum atomic E-state index is -3.82. The molecule has 0 saturated carbocycles. The van der Waals surface area contributed by atoms with Gasteiger partial charge in [-0.15, -0.1) is 0 Å². The summed E-state index contributed by atoms with van der Waals surface area (Å²) in [6.07, 6.45) is 0. The Morgan fingerprint density at radius 3 is 2.34 bits per heavy atom. The molecule has 0 heterocycles. The largest absolute Gasteiger partial charge is 0.377 e. The molecule has 2 rings (SSSR count). The van der Waals surface area contributed by atoms with E-state index >= 15 is 0 Å². The molecular formula is C23H33ClN4O3S. The summed E-state index contributed by atoms with van der Waals surface area (Å²) in [6.45, 7) is 8.37. The first-order chi connectivity index (χ1) is 15.0. The first-order valence-corrected chi connectivity index (χ1v) is 12.4. The van der Waals surface area contributed by atoms with Crippen molar-refractivity contribution in [3.8, 4) is 0 Å². The van der Waals surface area contributed by atoms with E-state index < -0.39 is 10.0 Å². The SMILES string of the molecule is CCNC(=O)Nc1ccc(N(C)C)c(CN(C(C)C(C)C)S(=O)(=O)c2cccc(Cl)c2)c1. The van der Waals surface area contributed by atoms with Crippen LogP contribution in [0.3, 0.4) is 0 Å². The van der Waals surface area contributed by atoms with E-state index in [2.05, 4.69) is 10.6 Å². The number of nitrogens with zero attached hydrogens (tertiary/aromatic N) is 2. The quantitative estimate of drug-likeness (QED) is 0.541. The van der Waals surface area contributed by atoms with Gasteiger partial charge in [0.15, 0.2) is 0 Å². The van der Waals surface area contributed by atoms with Crippen LogP contribution in [-0.4, -0.2) is 45.4 Å². The molecule has 0 aliphatic heterocycles. The van der Waals surface area contributed by atoms with Crippen LogP contribution in [0.15, 0.2) is 47.4 Å². The highest BCUT2D eigenvalue weighted by atomic mass is 35.5. The molecule has 0 bridgehead atoms. The molecule has 0 spiro atoms. The number of carbonyl (C=O) groups excluding carboxylic acids is 1. The molecule has 2 aromatic rings. The van der Waals surface area contributed by atoms with Crippen LogP contribution in [-0.2, 0) is 16.6 Å². The fraction of sp³-hybridized carbons (Fsp3) is 0.435. The lowest BCUT2D eigenvalue weighted by atomic mass is 10.1. The second-order valence-corrected chi connectivity index (χ2v) is 10.5. The summed E-state index contributed by atoms with van der Waals surface area (Å²) in [4.78, 5) is 14.1. The standard InChI is InChI=1S/C23H33ClN4O3S/c1-7-25-23(29)26-20-11-12-22(27(5)6)18(13-20)15-28(17(4)16(2)3)32(30,31)21-10-8-9-19(24)14-21/h8-14,16-17H,7,15H2,1-6H3,(H2,25,26,29). The number of benzene rings is 2. The van der Waals surface area contributed by atoms with Crippen molar-refractivity contribution >= 4 is 39.0 Å². The fourth-order valence-electron chi connectivity index (χ4n) is 3.27. The summed E-state index contributed by atoms with van der Waals surface area (Å²) in [5, 5.41) is 5.86. The second kappa shape index (κ2) is 11.0. The number of urea groups is 1. The van der Waals surface area contributed by atoms with E-state index in [9.17, 15) is 13.2 Å². The van der Waals surface area contributed by atoms with Gasteiger partial charge in [-0.1, -0.05) is 31.5 Å². The normalized spacial score (nSPS) is 12.7. The van der Waals surface area contributed by atoms with Crippen LogP contribution in [0.5, 0.6) is 0 Å². The Balaban J connectivity index is 2.53. The Bertz CT molecular complexity index is 1040. The number of nitrogens with one attached hydrogen (secondary N) is 2. The highest BCUT2D eigenvalue weighted by Gasteiger charge is 2.32. The average molecular weight is 481 g/mol. The van der Waals surface area contributed by atoms with E-state index in [0.717, 1.165) is 11.3 Å². The molecule has 176 valence electrons. The topological polar surface area (TPSA) is 81.8 Å². The lowest BCUT2D eigenvalue weighted by Crippen LogP contribution is -2.41.